The predicted octanol–water partition coefficient (Wildman–Crippen LogP) is 2.19. The number of carboxylic acid groups (broad SMARTS) is 1. The Morgan fingerprint density at radius 2 is 1.83 bits per heavy atom. The second kappa shape index (κ2) is 4.89. The summed E-state index contributed by atoms with van der Waals surface area (Å²) in [5, 5.41) is 9.36. The first kappa shape index (κ1) is 12.8. The van der Waals surface area contributed by atoms with Crippen molar-refractivity contribution in [3.63, 3.8) is 0 Å². The van der Waals surface area contributed by atoms with Gasteiger partial charge in [0.25, 0.3) is 0 Å². The van der Waals surface area contributed by atoms with E-state index in [-0.39, 0.29) is 22.4 Å². The van der Waals surface area contributed by atoms with Crippen molar-refractivity contribution in [2.24, 2.45) is 0 Å². The number of hydrogen-bond donors (Lipinski definition) is 1. The first-order valence-electron chi connectivity index (χ1n) is 5.70. The van der Waals surface area contributed by atoms with E-state index in [2.05, 4.69) is 0 Å². The average molecular weight is 267 g/mol. The molecule has 5 nitrogen and oxygen atoms in total. The number of anilines is 1. The number of carbonyl (C=O) groups excluding carboxylic acids is 2. The monoisotopic (exact) mass is 267 g/mol. The molecule has 2 heterocycles. The van der Waals surface area contributed by atoms with Crippen LogP contribution in [0.4, 0.5) is 5.00 Å². The fraction of sp³-hybridized carbons (Fsp3) is 0.417. The molecule has 1 N–H and O–H groups in total. The van der Waals surface area contributed by atoms with Crippen molar-refractivity contribution in [2.45, 2.75) is 32.6 Å². The highest BCUT2D eigenvalue weighted by molar-refractivity contribution is 7.17. The van der Waals surface area contributed by atoms with Crippen LogP contribution in [-0.2, 0) is 9.59 Å². The Kier molecular flexibility index (Phi) is 3.47. The molecule has 0 radical (unpaired) electrons. The molecule has 1 aliphatic heterocycles. The van der Waals surface area contributed by atoms with Crippen LogP contribution in [-0.4, -0.2) is 22.9 Å². The van der Waals surface area contributed by atoms with Gasteiger partial charge in [-0.2, -0.15) is 0 Å². The van der Waals surface area contributed by atoms with Crippen LogP contribution in [0.5, 0.6) is 0 Å². The van der Waals surface area contributed by atoms with Gasteiger partial charge >= 0.3 is 5.97 Å². The first-order chi connectivity index (χ1) is 8.50. The van der Waals surface area contributed by atoms with Gasteiger partial charge in [-0.3, -0.25) is 9.59 Å². The van der Waals surface area contributed by atoms with Crippen molar-refractivity contribution < 1.29 is 19.5 Å². The minimum atomic E-state index is -1.11. The summed E-state index contributed by atoms with van der Waals surface area (Å²) < 4.78 is 0. The van der Waals surface area contributed by atoms with E-state index < -0.39 is 5.97 Å². The fourth-order valence-electron chi connectivity index (χ4n) is 1.96. The second-order valence-electron chi connectivity index (χ2n) is 4.21. The molecule has 2 rings (SSSR count). The summed E-state index contributed by atoms with van der Waals surface area (Å²) in [5.41, 5.74) is 0.0288. The molecule has 96 valence electrons. The van der Waals surface area contributed by atoms with E-state index in [9.17, 15) is 14.4 Å². The molecule has 18 heavy (non-hydrogen) atoms. The van der Waals surface area contributed by atoms with Gasteiger partial charge in [-0.15, -0.1) is 11.3 Å². The fourth-order valence-corrected chi connectivity index (χ4v) is 3.00. The summed E-state index contributed by atoms with van der Waals surface area (Å²) in [6, 6.07) is 1.49. The highest BCUT2D eigenvalue weighted by Gasteiger charge is 2.30. The summed E-state index contributed by atoms with van der Waals surface area (Å²) in [6.45, 7) is 1.76. The minimum Gasteiger partial charge on any atom is -0.478 e. The van der Waals surface area contributed by atoms with E-state index >= 15 is 0 Å². The van der Waals surface area contributed by atoms with Gasteiger partial charge in [0.1, 0.15) is 5.00 Å². The van der Waals surface area contributed by atoms with Gasteiger partial charge in [0, 0.05) is 17.7 Å². The van der Waals surface area contributed by atoms with Crippen LogP contribution in [0.1, 0.15) is 40.9 Å². The maximum absolute atomic E-state index is 11.9. The first-order valence-corrected chi connectivity index (χ1v) is 6.52. The SMILES string of the molecule is Cc1cc(C(=O)O)c(N2C(=O)CCCCC2=O)s1. The second-order valence-corrected chi connectivity index (χ2v) is 5.45. The van der Waals surface area contributed by atoms with Gasteiger partial charge in [-0.1, -0.05) is 0 Å². The normalized spacial score (nSPS) is 16.8. The molecule has 1 aromatic heterocycles. The zero-order chi connectivity index (χ0) is 13.3. The van der Waals surface area contributed by atoms with Crippen LogP contribution in [0.25, 0.3) is 0 Å². The van der Waals surface area contributed by atoms with Crippen LogP contribution in [0, 0.1) is 6.92 Å². The predicted molar refractivity (Wildman–Crippen MR) is 67.0 cm³/mol. The van der Waals surface area contributed by atoms with E-state index in [1.54, 1.807) is 6.92 Å². The molecule has 1 saturated heterocycles. The zero-order valence-corrected chi connectivity index (χ0v) is 10.7. The van der Waals surface area contributed by atoms with Gasteiger partial charge in [0.15, 0.2) is 0 Å². The lowest BCUT2D eigenvalue weighted by Crippen LogP contribution is -2.35. The molecular weight excluding hydrogens is 254 g/mol. The summed E-state index contributed by atoms with van der Waals surface area (Å²) in [4.78, 5) is 36.8. The van der Waals surface area contributed by atoms with Gasteiger partial charge in [-0.25, -0.2) is 9.69 Å². The Morgan fingerprint density at radius 1 is 1.28 bits per heavy atom. The molecule has 0 aromatic carbocycles. The molecule has 1 fully saturated rings. The third-order valence-corrected chi connectivity index (χ3v) is 3.83. The maximum Gasteiger partial charge on any atom is 0.338 e. The maximum atomic E-state index is 11.9. The van der Waals surface area contributed by atoms with Crippen molar-refractivity contribution in [1.82, 2.24) is 0 Å². The average Bonchev–Trinajstić information content (AvgIpc) is 2.58. The molecule has 1 aliphatic rings. The highest BCUT2D eigenvalue weighted by Crippen LogP contribution is 2.33. The Morgan fingerprint density at radius 3 is 2.33 bits per heavy atom. The number of rotatable bonds is 2. The largest absolute Gasteiger partial charge is 0.478 e. The Bertz CT molecular complexity index is 502. The number of aryl methyl sites for hydroxylation is 1. The summed E-state index contributed by atoms with van der Waals surface area (Å²) in [6.07, 6.45) is 1.94. The molecule has 0 atom stereocenters. The van der Waals surface area contributed by atoms with Crippen molar-refractivity contribution in [3.8, 4) is 0 Å². The van der Waals surface area contributed by atoms with E-state index in [1.165, 1.54) is 17.4 Å². The molecule has 0 unspecified atom stereocenters. The molecule has 0 bridgehead atoms. The quantitative estimate of drug-likeness (QED) is 0.833. The van der Waals surface area contributed by atoms with E-state index in [0.717, 1.165) is 9.78 Å². The molecule has 0 spiro atoms. The number of imide groups is 1. The molecule has 0 aliphatic carbocycles. The van der Waals surface area contributed by atoms with Crippen molar-refractivity contribution in [3.05, 3.63) is 16.5 Å². The lowest BCUT2D eigenvalue weighted by molar-refractivity contribution is -0.125. The number of carboxylic acids is 1. The standard InChI is InChI=1S/C12H13NO4S/c1-7-6-8(12(16)17)11(18-7)13-9(14)4-2-3-5-10(13)15/h6H,2-5H2,1H3,(H,16,17). The van der Waals surface area contributed by atoms with Crippen molar-refractivity contribution >= 4 is 34.1 Å². The lowest BCUT2D eigenvalue weighted by Gasteiger charge is -2.17. The zero-order valence-electron chi connectivity index (χ0n) is 9.93. The molecule has 0 saturated carbocycles. The molecular formula is C12H13NO4S. The third kappa shape index (κ3) is 2.28. The van der Waals surface area contributed by atoms with Crippen LogP contribution < -0.4 is 4.90 Å². The van der Waals surface area contributed by atoms with Crippen LogP contribution >= 0.6 is 11.3 Å². The topological polar surface area (TPSA) is 74.7 Å². The number of aromatic carboxylic acids is 1. The number of nitrogens with zero attached hydrogens (tertiary/aromatic N) is 1. The van der Waals surface area contributed by atoms with Gasteiger partial charge in [0.2, 0.25) is 11.8 Å². The number of thiophene rings is 1. The Hall–Kier alpha value is -1.69. The summed E-state index contributed by atoms with van der Waals surface area (Å²) in [5.74, 6) is -1.72. The van der Waals surface area contributed by atoms with Crippen molar-refractivity contribution in [2.75, 3.05) is 4.90 Å². The number of amides is 2. The van der Waals surface area contributed by atoms with Crippen LogP contribution in [0.15, 0.2) is 6.07 Å². The summed E-state index contributed by atoms with van der Waals surface area (Å²) >= 11 is 1.17. The van der Waals surface area contributed by atoms with Crippen LogP contribution in [0.3, 0.4) is 0 Å². The lowest BCUT2D eigenvalue weighted by atomic mass is 10.2. The highest BCUT2D eigenvalue weighted by atomic mass is 32.1. The summed E-state index contributed by atoms with van der Waals surface area (Å²) in [7, 11) is 0. The van der Waals surface area contributed by atoms with E-state index in [0.29, 0.717) is 25.7 Å². The third-order valence-electron chi connectivity index (χ3n) is 2.80. The van der Waals surface area contributed by atoms with Gasteiger partial charge < -0.3 is 5.11 Å². The Labute approximate surface area is 108 Å². The number of carbonyl (C=O) groups is 3. The Balaban J connectivity index is 2.48. The minimum absolute atomic E-state index is 0.0288. The molecule has 2 amide bonds. The molecule has 6 heteroatoms. The van der Waals surface area contributed by atoms with Gasteiger partial charge in [0.05, 0.1) is 5.56 Å². The number of hydrogen-bond acceptors (Lipinski definition) is 4. The van der Waals surface area contributed by atoms with Crippen LogP contribution in [0.2, 0.25) is 0 Å². The smallest absolute Gasteiger partial charge is 0.338 e. The van der Waals surface area contributed by atoms with Gasteiger partial charge in [-0.05, 0) is 25.8 Å². The van der Waals surface area contributed by atoms with E-state index in [4.69, 9.17) is 5.11 Å². The van der Waals surface area contributed by atoms with Crippen molar-refractivity contribution in [1.29, 1.82) is 0 Å². The van der Waals surface area contributed by atoms with E-state index in [1.807, 2.05) is 0 Å². The molecule has 1 aromatic rings.